The highest BCUT2D eigenvalue weighted by molar-refractivity contribution is 8.00. The van der Waals surface area contributed by atoms with Crippen LogP contribution in [0.15, 0.2) is 108 Å². The predicted octanol–water partition coefficient (Wildman–Crippen LogP) is 9.20. The van der Waals surface area contributed by atoms with Gasteiger partial charge in [0.15, 0.2) is 6.23 Å². The molecular weight excluding hydrogens is 564 g/mol. The minimum Gasteiger partial charge on any atom is -0.466 e. The lowest BCUT2D eigenvalue weighted by atomic mass is 10.0. The Kier molecular flexibility index (Phi) is 9.55. The molecule has 0 amide bonds. The number of aliphatic hydroxyl groups is 1. The quantitative estimate of drug-likeness (QED) is 0.113. The molecular formula is C31H27F6NO2S. The van der Waals surface area contributed by atoms with Gasteiger partial charge in [-0.2, -0.15) is 26.3 Å². The lowest BCUT2D eigenvalue weighted by Gasteiger charge is -2.36. The molecule has 41 heavy (non-hydrogen) atoms. The summed E-state index contributed by atoms with van der Waals surface area (Å²) >= 11 is -0.249. The van der Waals surface area contributed by atoms with E-state index in [1.807, 2.05) is 25.1 Å². The Balaban J connectivity index is 1.76. The van der Waals surface area contributed by atoms with Crippen LogP contribution in [0.25, 0.3) is 0 Å². The van der Waals surface area contributed by atoms with Gasteiger partial charge in [-0.3, -0.25) is 0 Å². The summed E-state index contributed by atoms with van der Waals surface area (Å²) in [6, 6.07) is 26.2. The van der Waals surface area contributed by atoms with Crippen LogP contribution in [0, 0.1) is 0 Å². The Labute approximate surface area is 238 Å². The van der Waals surface area contributed by atoms with Crippen molar-refractivity contribution in [2.24, 2.45) is 0 Å². The monoisotopic (exact) mass is 591 g/mol. The van der Waals surface area contributed by atoms with E-state index in [0.29, 0.717) is 17.0 Å². The number of benzene rings is 4. The smallest absolute Gasteiger partial charge is 0.446 e. The first-order chi connectivity index (χ1) is 19.4. The number of hydrogen-bond donors (Lipinski definition) is 1. The molecule has 0 spiro atoms. The van der Waals surface area contributed by atoms with Gasteiger partial charge in [-0.05, 0) is 77.8 Å². The van der Waals surface area contributed by atoms with Gasteiger partial charge in [0.1, 0.15) is 5.75 Å². The van der Waals surface area contributed by atoms with Gasteiger partial charge in [-0.15, -0.1) is 0 Å². The molecule has 4 aromatic rings. The Bertz CT molecular complexity index is 1410. The molecule has 4 aromatic carbocycles. The molecule has 0 heterocycles. The first-order valence-corrected chi connectivity index (χ1v) is 13.5. The van der Waals surface area contributed by atoms with Crippen LogP contribution in [-0.4, -0.2) is 17.2 Å². The fourth-order valence-electron chi connectivity index (χ4n) is 4.29. The molecule has 1 N–H and O–H groups in total. The topological polar surface area (TPSA) is 32.7 Å². The fourth-order valence-corrected chi connectivity index (χ4v) is 4.90. The second-order valence-corrected chi connectivity index (χ2v) is 10.4. The van der Waals surface area contributed by atoms with E-state index in [-0.39, 0.29) is 28.8 Å². The number of ether oxygens (including phenoxy) is 1. The number of aliphatic hydroxyl groups excluding tert-OH is 1. The Morgan fingerprint density at radius 2 is 1.46 bits per heavy atom. The molecule has 0 fully saturated rings. The second-order valence-electron chi connectivity index (χ2n) is 9.21. The largest absolute Gasteiger partial charge is 0.466 e. The molecule has 0 saturated heterocycles. The van der Waals surface area contributed by atoms with Crippen molar-refractivity contribution < 1.29 is 36.2 Å². The molecule has 2 unspecified atom stereocenters. The van der Waals surface area contributed by atoms with Crippen molar-refractivity contribution in [3.8, 4) is 5.75 Å². The van der Waals surface area contributed by atoms with Gasteiger partial charge in [0.2, 0.25) is 0 Å². The summed E-state index contributed by atoms with van der Waals surface area (Å²) in [5.41, 5.74) is -3.13. The molecule has 0 aliphatic carbocycles. The zero-order valence-electron chi connectivity index (χ0n) is 21.9. The van der Waals surface area contributed by atoms with Crippen molar-refractivity contribution in [1.29, 1.82) is 0 Å². The van der Waals surface area contributed by atoms with Crippen LogP contribution in [0.3, 0.4) is 0 Å². The van der Waals surface area contributed by atoms with Crippen molar-refractivity contribution in [2.75, 3.05) is 11.4 Å². The Morgan fingerprint density at radius 3 is 2.10 bits per heavy atom. The van der Waals surface area contributed by atoms with Crippen LogP contribution in [0.2, 0.25) is 0 Å². The summed E-state index contributed by atoms with van der Waals surface area (Å²) in [7, 11) is 0. The molecule has 0 aliphatic heterocycles. The van der Waals surface area contributed by atoms with Gasteiger partial charge in [-0.25, -0.2) is 0 Å². The summed E-state index contributed by atoms with van der Waals surface area (Å²) in [6.45, 7) is 1.84. The van der Waals surface area contributed by atoms with E-state index >= 15 is 0 Å². The van der Waals surface area contributed by atoms with Crippen molar-refractivity contribution in [3.63, 3.8) is 0 Å². The number of anilines is 1. The summed E-state index contributed by atoms with van der Waals surface area (Å²) in [4.78, 5) is 1.64. The molecule has 0 saturated carbocycles. The first kappa shape index (κ1) is 30.3. The number of nitrogens with zero attached hydrogens (tertiary/aromatic N) is 1. The minimum absolute atomic E-state index is 0.0396. The third kappa shape index (κ3) is 8.43. The van der Waals surface area contributed by atoms with E-state index in [9.17, 15) is 31.4 Å². The van der Waals surface area contributed by atoms with E-state index in [2.05, 4.69) is 0 Å². The normalized spacial score (nSPS) is 13.5. The van der Waals surface area contributed by atoms with E-state index in [4.69, 9.17) is 4.74 Å². The van der Waals surface area contributed by atoms with Crippen molar-refractivity contribution in [3.05, 3.63) is 125 Å². The van der Waals surface area contributed by atoms with Gasteiger partial charge in [0.25, 0.3) is 0 Å². The van der Waals surface area contributed by atoms with Crippen LogP contribution < -0.4 is 9.64 Å². The van der Waals surface area contributed by atoms with Crippen molar-refractivity contribution >= 4 is 17.4 Å². The van der Waals surface area contributed by atoms with Crippen LogP contribution >= 0.6 is 11.8 Å². The van der Waals surface area contributed by atoms with Gasteiger partial charge < -0.3 is 14.7 Å². The zero-order valence-corrected chi connectivity index (χ0v) is 22.7. The zero-order chi connectivity index (χ0) is 29.6. The third-order valence-electron chi connectivity index (χ3n) is 6.29. The van der Waals surface area contributed by atoms with Gasteiger partial charge in [0.05, 0.1) is 18.2 Å². The number of alkyl halides is 6. The van der Waals surface area contributed by atoms with Crippen LogP contribution in [0.4, 0.5) is 32.0 Å². The van der Waals surface area contributed by atoms with E-state index in [0.717, 1.165) is 24.1 Å². The molecule has 4 rings (SSSR count). The first-order valence-electron chi connectivity index (χ1n) is 12.7. The van der Waals surface area contributed by atoms with Crippen molar-refractivity contribution in [1.82, 2.24) is 0 Å². The lowest BCUT2D eigenvalue weighted by Crippen LogP contribution is -2.36. The highest BCUT2D eigenvalue weighted by Gasteiger charge is 2.32. The molecule has 0 aromatic heterocycles. The van der Waals surface area contributed by atoms with E-state index in [1.54, 1.807) is 47.4 Å². The number of thioether (sulfide) groups is 1. The summed E-state index contributed by atoms with van der Waals surface area (Å²) < 4.78 is 85.3. The molecule has 3 nitrogen and oxygen atoms in total. The van der Waals surface area contributed by atoms with Gasteiger partial charge in [-0.1, -0.05) is 61.5 Å². The molecule has 0 bridgehead atoms. The van der Waals surface area contributed by atoms with Gasteiger partial charge in [0, 0.05) is 16.1 Å². The summed E-state index contributed by atoms with van der Waals surface area (Å²) in [6.07, 6.45) is -6.04. The van der Waals surface area contributed by atoms with Gasteiger partial charge >= 0.3 is 11.7 Å². The van der Waals surface area contributed by atoms with Crippen LogP contribution in [-0.2, 0) is 12.6 Å². The lowest BCUT2D eigenvalue weighted by molar-refractivity contribution is -0.137. The number of hydrogen-bond acceptors (Lipinski definition) is 4. The number of halogens is 6. The van der Waals surface area contributed by atoms with Crippen molar-refractivity contribution in [2.45, 2.75) is 42.3 Å². The molecule has 0 radical (unpaired) electrons. The average molecular weight is 592 g/mol. The summed E-state index contributed by atoms with van der Waals surface area (Å²) in [5, 5.41) is 11.2. The number of aryl methyl sites for hydroxylation is 1. The molecule has 10 heteroatoms. The number of para-hydroxylation sites is 1. The maximum Gasteiger partial charge on any atom is 0.446 e. The second kappa shape index (κ2) is 12.9. The molecule has 2 atom stereocenters. The minimum atomic E-state index is -4.52. The third-order valence-corrected chi connectivity index (χ3v) is 7.02. The fraction of sp³-hybridized carbons (Fsp3) is 0.226. The highest BCUT2D eigenvalue weighted by atomic mass is 32.2. The van der Waals surface area contributed by atoms with E-state index in [1.165, 1.54) is 30.3 Å². The standard InChI is InChI=1S/C31H27F6NO2S/c1-2-21-8-6-12-26(18-21)40-29(23-9-7-13-27(19-23)41-31(35,36)37)38(25-10-4-3-5-11-25)20-28(39)22-14-16-24(17-15-22)30(32,33)34/h3-19,28-29,39H,2,20H2,1H3. The van der Waals surface area contributed by atoms with E-state index < -0.39 is 29.6 Å². The summed E-state index contributed by atoms with van der Waals surface area (Å²) in [5.74, 6) is 0.466. The Morgan fingerprint density at radius 1 is 0.780 bits per heavy atom. The number of rotatable bonds is 10. The van der Waals surface area contributed by atoms with Crippen LogP contribution in [0.5, 0.6) is 5.75 Å². The molecule has 216 valence electrons. The predicted molar refractivity (Wildman–Crippen MR) is 148 cm³/mol. The average Bonchev–Trinajstić information content (AvgIpc) is 2.94. The Hall–Kier alpha value is -3.63. The maximum atomic E-state index is 13.2. The van der Waals surface area contributed by atoms with Crippen LogP contribution in [0.1, 0.15) is 41.5 Å². The SMILES string of the molecule is CCc1cccc(OC(c2cccc(SC(F)(F)F)c2)N(CC(O)c2ccc(C(F)(F)F)cc2)c2ccccc2)c1. The molecule has 0 aliphatic rings. The highest BCUT2D eigenvalue weighted by Crippen LogP contribution is 2.39. The maximum absolute atomic E-state index is 13.2.